The molecular weight excluding hydrogens is 238 g/mol. The van der Waals surface area contributed by atoms with Crippen molar-refractivity contribution in [2.75, 3.05) is 11.9 Å². The van der Waals surface area contributed by atoms with Crippen LogP contribution < -0.4 is 10.1 Å². The van der Waals surface area contributed by atoms with Crippen molar-refractivity contribution in [3.8, 4) is 5.88 Å². The van der Waals surface area contributed by atoms with Crippen LogP contribution in [-0.2, 0) is 0 Å². The minimum absolute atomic E-state index is 0.120. The van der Waals surface area contributed by atoms with E-state index in [0.717, 1.165) is 25.2 Å². The predicted molar refractivity (Wildman–Crippen MR) is 70.8 cm³/mol. The molecular formula is C12H20ClN3O. The molecule has 1 unspecified atom stereocenters. The monoisotopic (exact) mass is 257 g/mol. The number of hydrogen-bond acceptors (Lipinski definition) is 4. The normalized spacial score (nSPS) is 12.5. The van der Waals surface area contributed by atoms with E-state index in [4.69, 9.17) is 16.3 Å². The second-order valence-electron chi connectivity index (χ2n) is 4.26. The Morgan fingerprint density at radius 2 is 2.12 bits per heavy atom. The zero-order valence-electron chi connectivity index (χ0n) is 10.6. The van der Waals surface area contributed by atoms with Gasteiger partial charge >= 0.3 is 0 Å². The molecule has 0 amide bonds. The maximum absolute atomic E-state index is 5.87. The SMILES string of the molecule is CC(Cl)CCCNc1cc(OC(C)C)ncn1. The molecule has 5 heteroatoms. The molecule has 17 heavy (non-hydrogen) atoms. The molecule has 0 radical (unpaired) electrons. The zero-order valence-corrected chi connectivity index (χ0v) is 11.4. The van der Waals surface area contributed by atoms with E-state index in [0.29, 0.717) is 5.88 Å². The van der Waals surface area contributed by atoms with Crippen LogP contribution in [0.15, 0.2) is 12.4 Å². The average Bonchev–Trinajstić information content (AvgIpc) is 2.24. The number of aromatic nitrogens is 2. The molecule has 0 aromatic carbocycles. The van der Waals surface area contributed by atoms with Gasteiger partial charge in [-0.2, -0.15) is 0 Å². The number of hydrogen-bond donors (Lipinski definition) is 1. The molecule has 0 spiro atoms. The lowest BCUT2D eigenvalue weighted by Gasteiger charge is -2.10. The number of rotatable bonds is 7. The van der Waals surface area contributed by atoms with Gasteiger partial charge in [0.25, 0.3) is 0 Å². The minimum Gasteiger partial charge on any atom is -0.475 e. The van der Waals surface area contributed by atoms with Crippen molar-refractivity contribution >= 4 is 17.4 Å². The Morgan fingerprint density at radius 3 is 2.76 bits per heavy atom. The van der Waals surface area contributed by atoms with Crippen LogP contribution in [0.2, 0.25) is 0 Å². The first kappa shape index (κ1) is 14.0. The van der Waals surface area contributed by atoms with Gasteiger partial charge in [0.05, 0.1) is 6.10 Å². The fourth-order valence-corrected chi connectivity index (χ4v) is 1.50. The van der Waals surface area contributed by atoms with Crippen molar-refractivity contribution in [2.24, 2.45) is 0 Å². The van der Waals surface area contributed by atoms with Crippen molar-refractivity contribution < 1.29 is 4.74 Å². The van der Waals surface area contributed by atoms with Gasteiger partial charge in [0.15, 0.2) is 0 Å². The van der Waals surface area contributed by atoms with Gasteiger partial charge in [-0.1, -0.05) is 0 Å². The summed E-state index contributed by atoms with van der Waals surface area (Å²) < 4.78 is 5.49. The number of nitrogens with one attached hydrogen (secondary N) is 1. The van der Waals surface area contributed by atoms with Crippen LogP contribution >= 0.6 is 11.6 Å². The topological polar surface area (TPSA) is 47.0 Å². The van der Waals surface area contributed by atoms with Gasteiger partial charge < -0.3 is 10.1 Å². The Hall–Kier alpha value is -1.03. The molecule has 1 heterocycles. The Bertz CT molecular complexity index is 331. The maximum atomic E-state index is 5.87. The Balaban J connectivity index is 2.37. The van der Waals surface area contributed by atoms with Gasteiger partial charge in [0.1, 0.15) is 12.1 Å². The summed E-state index contributed by atoms with van der Waals surface area (Å²) in [4.78, 5) is 8.17. The standard InChI is InChI=1S/C12H20ClN3O/c1-9(2)17-12-7-11(15-8-16-12)14-6-4-5-10(3)13/h7-10H,4-6H2,1-3H3,(H,14,15,16). The summed E-state index contributed by atoms with van der Waals surface area (Å²) in [6.07, 6.45) is 3.64. The number of anilines is 1. The summed E-state index contributed by atoms with van der Waals surface area (Å²) in [5, 5.41) is 3.45. The van der Waals surface area contributed by atoms with E-state index in [2.05, 4.69) is 15.3 Å². The minimum atomic E-state index is 0.120. The molecule has 0 aliphatic carbocycles. The molecule has 1 aromatic heterocycles. The average molecular weight is 258 g/mol. The zero-order chi connectivity index (χ0) is 12.7. The fourth-order valence-electron chi connectivity index (χ4n) is 1.34. The van der Waals surface area contributed by atoms with Crippen LogP contribution in [0.25, 0.3) is 0 Å². The number of nitrogens with zero attached hydrogens (tertiary/aromatic N) is 2. The van der Waals surface area contributed by atoms with Crippen LogP contribution in [-0.4, -0.2) is 28.0 Å². The smallest absolute Gasteiger partial charge is 0.218 e. The molecule has 1 rings (SSSR count). The molecule has 1 atom stereocenters. The third-order valence-corrected chi connectivity index (χ3v) is 2.30. The molecule has 0 saturated heterocycles. The van der Waals surface area contributed by atoms with Gasteiger partial charge in [-0.15, -0.1) is 11.6 Å². The highest BCUT2D eigenvalue weighted by Gasteiger charge is 2.02. The summed E-state index contributed by atoms with van der Waals surface area (Å²) in [7, 11) is 0. The van der Waals surface area contributed by atoms with Crippen molar-refractivity contribution in [1.29, 1.82) is 0 Å². The number of alkyl halides is 1. The highest BCUT2D eigenvalue weighted by molar-refractivity contribution is 6.20. The Kier molecular flexibility index (Phi) is 6.05. The van der Waals surface area contributed by atoms with Crippen LogP contribution in [0.5, 0.6) is 5.88 Å². The molecule has 1 aromatic rings. The van der Waals surface area contributed by atoms with Crippen molar-refractivity contribution in [3.05, 3.63) is 12.4 Å². The van der Waals surface area contributed by atoms with Gasteiger partial charge in [0, 0.05) is 18.0 Å². The lowest BCUT2D eigenvalue weighted by atomic mass is 10.2. The van der Waals surface area contributed by atoms with E-state index in [1.165, 1.54) is 6.33 Å². The summed E-state index contributed by atoms with van der Waals surface area (Å²) in [5.74, 6) is 1.39. The van der Waals surface area contributed by atoms with Gasteiger partial charge in [0.2, 0.25) is 5.88 Å². The number of ether oxygens (including phenoxy) is 1. The van der Waals surface area contributed by atoms with Gasteiger partial charge in [-0.3, -0.25) is 0 Å². The first-order valence-corrected chi connectivity index (χ1v) is 6.38. The lowest BCUT2D eigenvalue weighted by molar-refractivity contribution is 0.232. The largest absolute Gasteiger partial charge is 0.475 e. The molecule has 0 bridgehead atoms. The van der Waals surface area contributed by atoms with E-state index in [1.54, 1.807) is 0 Å². The molecule has 0 saturated carbocycles. The predicted octanol–water partition coefficient (Wildman–Crippen LogP) is 3.08. The van der Waals surface area contributed by atoms with Gasteiger partial charge in [-0.05, 0) is 33.6 Å². The van der Waals surface area contributed by atoms with Crippen LogP contribution in [0.3, 0.4) is 0 Å². The first-order valence-electron chi connectivity index (χ1n) is 5.94. The fraction of sp³-hybridized carbons (Fsp3) is 0.667. The quantitative estimate of drug-likeness (QED) is 0.602. The van der Waals surface area contributed by atoms with Crippen molar-refractivity contribution in [3.63, 3.8) is 0 Å². The third-order valence-electron chi connectivity index (χ3n) is 2.08. The van der Waals surface area contributed by atoms with E-state index in [9.17, 15) is 0 Å². The Morgan fingerprint density at radius 1 is 1.35 bits per heavy atom. The molecule has 1 N–H and O–H groups in total. The second-order valence-corrected chi connectivity index (χ2v) is 5.00. The first-order chi connectivity index (χ1) is 8.08. The molecule has 0 aliphatic heterocycles. The summed E-state index contributed by atoms with van der Waals surface area (Å²) in [6, 6.07) is 1.81. The van der Waals surface area contributed by atoms with E-state index >= 15 is 0 Å². The van der Waals surface area contributed by atoms with E-state index in [1.807, 2.05) is 26.8 Å². The van der Waals surface area contributed by atoms with Crippen molar-refractivity contribution in [1.82, 2.24) is 9.97 Å². The van der Waals surface area contributed by atoms with E-state index in [-0.39, 0.29) is 11.5 Å². The molecule has 96 valence electrons. The van der Waals surface area contributed by atoms with Gasteiger partial charge in [-0.25, -0.2) is 9.97 Å². The van der Waals surface area contributed by atoms with Crippen LogP contribution in [0.1, 0.15) is 33.6 Å². The summed E-state index contributed by atoms with van der Waals surface area (Å²) >= 11 is 5.87. The lowest BCUT2D eigenvalue weighted by Crippen LogP contribution is -2.09. The Labute approximate surface area is 108 Å². The third kappa shape index (κ3) is 6.31. The molecule has 4 nitrogen and oxygen atoms in total. The van der Waals surface area contributed by atoms with Crippen molar-refractivity contribution in [2.45, 2.75) is 45.1 Å². The van der Waals surface area contributed by atoms with Crippen LogP contribution in [0.4, 0.5) is 5.82 Å². The summed E-state index contributed by atoms with van der Waals surface area (Å²) in [6.45, 7) is 6.80. The van der Waals surface area contributed by atoms with E-state index < -0.39 is 0 Å². The highest BCUT2D eigenvalue weighted by atomic mass is 35.5. The number of halogens is 1. The maximum Gasteiger partial charge on any atom is 0.218 e. The molecule has 0 fully saturated rings. The highest BCUT2D eigenvalue weighted by Crippen LogP contribution is 2.12. The summed E-state index contributed by atoms with van der Waals surface area (Å²) in [5.41, 5.74) is 0. The second kappa shape index (κ2) is 7.33. The van der Waals surface area contributed by atoms with Crippen LogP contribution in [0, 0.1) is 0 Å². The molecule has 0 aliphatic rings.